The summed E-state index contributed by atoms with van der Waals surface area (Å²) in [6.07, 6.45) is 2.85. The summed E-state index contributed by atoms with van der Waals surface area (Å²) in [5.74, 6) is 1.27. The van der Waals surface area contributed by atoms with Crippen LogP contribution in [0.5, 0.6) is 5.75 Å². The lowest BCUT2D eigenvalue weighted by Gasteiger charge is -2.07. The monoisotopic (exact) mass is 258 g/mol. The van der Waals surface area contributed by atoms with Gasteiger partial charge < -0.3 is 9.15 Å². The van der Waals surface area contributed by atoms with E-state index in [2.05, 4.69) is 6.92 Å². The molecule has 0 N–H and O–H groups in total. The van der Waals surface area contributed by atoms with Gasteiger partial charge >= 0.3 is 5.63 Å². The van der Waals surface area contributed by atoms with Crippen LogP contribution >= 0.6 is 0 Å². The first-order chi connectivity index (χ1) is 9.28. The summed E-state index contributed by atoms with van der Waals surface area (Å²) in [7, 11) is 0. The van der Waals surface area contributed by atoms with Crippen molar-refractivity contribution in [1.82, 2.24) is 0 Å². The van der Waals surface area contributed by atoms with Crippen molar-refractivity contribution in [3.8, 4) is 5.75 Å². The highest BCUT2D eigenvalue weighted by molar-refractivity contribution is 5.22. The molecule has 0 aliphatic rings. The zero-order chi connectivity index (χ0) is 13.5. The Kier molecular flexibility index (Phi) is 4.78. The van der Waals surface area contributed by atoms with Crippen molar-refractivity contribution >= 4 is 0 Å². The minimum Gasteiger partial charge on any atom is -0.489 e. The number of aryl methyl sites for hydroxylation is 1. The molecule has 0 atom stereocenters. The van der Waals surface area contributed by atoms with E-state index in [1.165, 1.54) is 6.07 Å². The van der Waals surface area contributed by atoms with Gasteiger partial charge in [0.2, 0.25) is 0 Å². The fourth-order valence-corrected chi connectivity index (χ4v) is 1.80. The maximum absolute atomic E-state index is 11.4. The van der Waals surface area contributed by atoms with E-state index in [0.717, 1.165) is 24.8 Å². The fourth-order valence-electron chi connectivity index (χ4n) is 1.80. The van der Waals surface area contributed by atoms with E-state index < -0.39 is 0 Å². The van der Waals surface area contributed by atoms with Gasteiger partial charge in [0.15, 0.2) is 0 Å². The maximum atomic E-state index is 11.4. The third kappa shape index (κ3) is 4.28. The SMILES string of the molecule is CCCCc1cc(OCc2ccccc2)cc(=O)o1. The van der Waals surface area contributed by atoms with Gasteiger partial charge in [-0.25, -0.2) is 4.79 Å². The predicted octanol–water partition coefficient (Wildman–Crippen LogP) is 3.56. The molecule has 0 amide bonds. The zero-order valence-corrected chi connectivity index (χ0v) is 11.1. The standard InChI is InChI=1S/C16H18O3/c1-2-3-9-14-10-15(11-16(17)19-14)18-12-13-7-5-4-6-8-13/h4-8,10-11H,2-3,9,12H2,1H3. The summed E-state index contributed by atoms with van der Waals surface area (Å²) in [6, 6.07) is 13.1. The number of benzene rings is 1. The van der Waals surface area contributed by atoms with E-state index in [0.29, 0.717) is 18.1 Å². The second-order valence-corrected chi connectivity index (χ2v) is 4.46. The average molecular weight is 258 g/mol. The first-order valence-electron chi connectivity index (χ1n) is 6.58. The quantitative estimate of drug-likeness (QED) is 0.795. The fraction of sp³-hybridized carbons (Fsp3) is 0.312. The molecule has 0 aliphatic heterocycles. The second-order valence-electron chi connectivity index (χ2n) is 4.46. The Hall–Kier alpha value is -2.03. The van der Waals surface area contributed by atoms with Crippen LogP contribution in [0.2, 0.25) is 0 Å². The van der Waals surface area contributed by atoms with Crippen molar-refractivity contribution in [2.24, 2.45) is 0 Å². The van der Waals surface area contributed by atoms with Crippen LogP contribution in [-0.4, -0.2) is 0 Å². The third-order valence-electron chi connectivity index (χ3n) is 2.82. The van der Waals surface area contributed by atoms with Gasteiger partial charge in [-0.1, -0.05) is 43.7 Å². The largest absolute Gasteiger partial charge is 0.489 e. The molecule has 1 heterocycles. The number of hydrogen-bond acceptors (Lipinski definition) is 3. The third-order valence-corrected chi connectivity index (χ3v) is 2.82. The van der Waals surface area contributed by atoms with E-state index >= 15 is 0 Å². The first kappa shape index (κ1) is 13.4. The molecule has 0 spiro atoms. The van der Waals surface area contributed by atoms with Crippen molar-refractivity contribution < 1.29 is 9.15 Å². The molecule has 0 radical (unpaired) electrons. The van der Waals surface area contributed by atoms with Crippen molar-refractivity contribution in [1.29, 1.82) is 0 Å². The van der Waals surface area contributed by atoms with E-state index in [1.807, 2.05) is 30.3 Å². The van der Waals surface area contributed by atoms with Crippen molar-refractivity contribution in [3.63, 3.8) is 0 Å². The highest BCUT2D eigenvalue weighted by Gasteiger charge is 2.03. The number of rotatable bonds is 6. The van der Waals surface area contributed by atoms with Crippen molar-refractivity contribution in [2.45, 2.75) is 32.8 Å². The Morgan fingerprint density at radius 1 is 1.16 bits per heavy atom. The van der Waals surface area contributed by atoms with E-state index in [-0.39, 0.29) is 5.63 Å². The van der Waals surface area contributed by atoms with E-state index in [9.17, 15) is 4.79 Å². The van der Waals surface area contributed by atoms with Crippen LogP contribution in [0.1, 0.15) is 31.1 Å². The zero-order valence-electron chi connectivity index (χ0n) is 11.1. The lowest BCUT2D eigenvalue weighted by Crippen LogP contribution is -2.03. The van der Waals surface area contributed by atoms with Crippen LogP contribution in [0.4, 0.5) is 0 Å². The maximum Gasteiger partial charge on any atom is 0.339 e. The van der Waals surface area contributed by atoms with Crippen LogP contribution < -0.4 is 10.4 Å². The molecule has 2 rings (SSSR count). The number of ether oxygens (including phenoxy) is 1. The minimum absolute atomic E-state index is 0.350. The Labute approximate surface area is 112 Å². The summed E-state index contributed by atoms with van der Waals surface area (Å²) >= 11 is 0. The van der Waals surface area contributed by atoms with E-state index in [1.54, 1.807) is 6.07 Å². The van der Waals surface area contributed by atoms with Crippen LogP contribution in [0, 0.1) is 0 Å². The van der Waals surface area contributed by atoms with Gasteiger partial charge in [0.05, 0.1) is 6.07 Å². The Bertz CT molecular complexity index is 558. The average Bonchev–Trinajstić information content (AvgIpc) is 2.43. The lowest BCUT2D eigenvalue weighted by atomic mass is 10.2. The van der Waals surface area contributed by atoms with Gasteiger partial charge in [0.1, 0.15) is 18.1 Å². The summed E-state index contributed by atoms with van der Waals surface area (Å²) < 4.78 is 10.8. The molecular formula is C16H18O3. The van der Waals surface area contributed by atoms with Gasteiger partial charge in [-0.2, -0.15) is 0 Å². The Morgan fingerprint density at radius 2 is 1.95 bits per heavy atom. The van der Waals surface area contributed by atoms with Gasteiger partial charge in [-0.05, 0) is 12.0 Å². The molecule has 0 bridgehead atoms. The van der Waals surface area contributed by atoms with Crippen molar-refractivity contribution in [3.05, 3.63) is 64.2 Å². The second kappa shape index (κ2) is 6.78. The number of unbranched alkanes of at least 4 members (excludes halogenated alkanes) is 1. The molecule has 100 valence electrons. The molecule has 0 fully saturated rings. The molecule has 19 heavy (non-hydrogen) atoms. The van der Waals surface area contributed by atoms with E-state index in [4.69, 9.17) is 9.15 Å². The van der Waals surface area contributed by atoms with Crippen LogP contribution in [0.25, 0.3) is 0 Å². The summed E-state index contributed by atoms with van der Waals surface area (Å²) in [5.41, 5.74) is 0.725. The molecule has 0 saturated carbocycles. The van der Waals surface area contributed by atoms with Crippen LogP contribution in [0.3, 0.4) is 0 Å². The smallest absolute Gasteiger partial charge is 0.339 e. The highest BCUT2D eigenvalue weighted by Crippen LogP contribution is 2.14. The summed E-state index contributed by atoms with van der Waals surface area (Å²) in [4.78, 5) is 11.4. The molecule has 3 nitrogen and oxygen atoms in total. The molecule has 1 aromatic carbocycles. The minimum atomic E-state index is -0.350. The summed E-state index contributed by atoms with van der Waals surface area (Å²) in [6.45, 7) is 2.56. The lowest BCUT2D eigenvalue weighted by molar-refractivity contribution is 0.299. The molecule has 0 aliphatic carbocycles. The summed E-state index contributed by atoms with van der Waals surface area (Å²) in [5, 5.41) is 0. The molecule has 2 aromatic rings. The van der Waals surface area contributed by atoms with Crippen LogP contribution in [-0.2, 0) is 13.0 Å². The Balaban J connectivity index is 2.03. The highest BCUT2D eigenvalue weighted by atomic mass is 16.5. The molecular weight excluding hydrogens is 240 g/mol. The normalized spacial score (nSPS) is 10.4. The Morgan fingerprint density at radius 3 is 2.68 bits per heavy atom. The van der Waals surface area contributed by atoms with Crippen molar-refractivity contribution in [2.75, 3.05) is 0 Å². The topological polar surface area (TPSA) is 39.4 Å². The molecule has 0 saturated heterocycles. The first-order valence-corrected chi connectivity index (χ1v) is 6.58. The van der Waals surface area contributed by atoms with Gasteiger partial charge in [0.25, 0.3) is 0 Å². The van der Waals surface area contributed by atoms with Gasteiger partial charge in [-0.3, -0.25) is 0 Å². The molecule has 0 unspecified atom stereocenters. The molecule has 3 heteroatoms. The molecule has 1 aromatic heterocycles. The van der Waals surface area contributed by atoms with Crippen LogP contribution in [0.15, 0.2) is 51.7 Å². The van der Waals surface area contributed by atoms with Gasteiger partial charge in [0, 0.05) is 12.5 Å². The number of hydrogen-bond donors (Lipinski definition) is 0. The van der Waals surface area contributed by atoms with Gasteiger partial charge in [-0.15, -0.1) is 0 Å². The predicted molar refractivity (Wildman–Crippen MR) is 74.4 cm³/mol.